The topological polar surface area (TPSA) is 88.5 Å². The van der Waals surface area contributed by atoms with Gasteiger partial charge >= 0.3 is 0 Å². The Labute approximate surface area is 169 Å². The molecular formula is C19H22ClN3O4S. The predicted molar refractivity (Wildman–Crippen MR) is 107 cm³/mol. The Balaban J connectivity index is 1.55. The van der Waals surface area contributed by atoms with Crippen molar-refractivity contribution in [3.63, 3.8) is 0 Å². The molecule has 7 nitrogen and oxygen atoms in total. The molecule has 0 aliphatic carbocycles. The van der Waals surface area contributed by atoms with E-state index in [-0.39, 0.29) is 27.8 Å². The Hall–Kier alpha value is -2.16. The second-order valence-electron chi connectivity index (χ2n) is 6.88. The molecule has 1 saturated heterocycles. The van der Waals surface area contributed by atoms with Crippen LogP contribution in [0.3, 0.4) is 0 Å². The van der Waals surface area contributed by atoms with Crippen molar-refractivity contribution in [3.8, 4) is 0 Å². The Morgan fingerprint density at radius 1 is 1.18 bits per heavy atom. The van der Waals surface area contributed by atoms with E-state index in [1.54, 1.807) is 24.2 Å². The van der Waals surface area contributed by atoms with Gasteiger partial charge in [-0.05, 0) is 55.2 Å². The molecule has 2 heterocycles. The van der Waals surface area contributed by atoms with Crippen LogP contribution < -0.4 is 10.3 Å². The number of likely N-dealkylation sites (tertiary alicyclic amines) is 1. The molecule has 0 atom stereocenters. The number of rotatable bonds is 5. The number of aromatic nitrogens is 1. The van der Waals surface area contributed by atoms with Crippen molar-refractivity contribution in [1.82, 2.24) is 14.2 Å². The molecule has 1 aromatic heterocycles. The highest BCUT2D eigenvalue weighted by Crippen LogP contribution is 2.19. The van der Waals surface area contributed by atoms with E-state index in [4.69, 9.17) is 11.6 Å². The van der Waals surface area contributed by atoms with Crippen LogP contribution in [0.2, 0.25) is 5.02 Å². The van der Waals surface area contributed by atoms with Crippen molar-refractivity contribution in [2.75, 3.05) is 19.6 Å². The van der Waals surface area contributed by atoms with Crippen LogP contribution in [0.1, 0.15) is 23.2 Å². The molecule has 0 saturated carbocycles. The van der Waals surface area contributed by atoms with Crippen LogP contribution in [0.15, 0.2) is 52.3 Å². The Bertz CT molecular complexity index is 1010. The van der Waals surface area contributed by atoms with Gasteiger partial charge in [-0.2, -0.15) is 0 Å². The summed E-state index contributed by atoms with van der Waals surface area (Å²) in [6, 6.07) is 9.21. The van der Waals surface area contributed by atoms with Crippen LogP contribution in [-0.2, 0) is 17.1 Å². The molecular weight excluding hydrogens is 402 g/mol. The molecule has 150 valence electrons. The lowest BCUT2D eigenvalue weighted by molar-refractivity contribution is 0.0689. The van der Waals surface area contributed by atoms with Gasteiger partial charge in [0, 0.05) is 37.9 Å². The molecule has 1 aliphatic heterocycles. The fourth-order valence-electron chi connectivity index (χ4n) is 3.20. The van der Waals surface area contributed by atoms with Crippen LogP contribution >= 0.6 is 11.6 Å². The van der Waals surface area contributed by atoms with Crippen LogP contribution in [-0.4, -0.2) is 43.4 Å². The molecule has 1 N–H and O–H groups in total. The smallest absolute Gasteiger partial charge is 0.263 e. The fourth-order valence-corrected chi connectivity index (χ4v) is 4.44. The molecule has 1 amide bonds. The van der Waals surface area contributed by atoms with E-state index >= 15 is 0 Å². The van der Waals surface area contributed by atoms with E-state index in [1.807, 2.05) is 0 Å². The van der Waals surface area contributed by atoms with Gasteiger partial charge in [0.1, 0.15) is 5.56 Å². The van der Waals surface area contributed by atoms with E-state index in [2.05, 4.69) is 4.72 Å². The van der Waals surface area contributed by atoms with Crippen molar-refractivity contribution >= 4 is 27.5 Å². The first-order valence-electron chi connectivity index (χ1n) is 8.98. The first-order chi connectivity index (χ1) is 13.3. The highest BCUT2D eigenvalue weighted by Gasteiger charge is 2.26. The fraction of sp³-hybridized carbons (Fsp3) is 0.368. The zero-order valence-electron chi connectivity index (χ0n) is 15.5. The summed E-state index contributed by atoms with van der Waals surface area (Å²) in [5.41, 5.74) is -0.155. The summed E-state index contributed by atoms with van der Waals surface area (Å²) in [6.45, 7) is 1.29. The summed E-state index contributed by atoms with van der Waals surface area (Å²) in [5, 5.41) is 0.476. The standard InChI is InChI=1S/C19H22ClN3O4S/c1-22-10-2-3-17(18(22)24)19(25)23-11-8-14(9-12-23)13-21-28(26,27)16-6-4-15(20)5-7-16/h2-7,10,14,21H,8-9,11-13H2,1H3. The molecule has 2 aromatic rings. The van der Waals surface area contributed by atoms with Gasteiger partial charge in [-0.15, -0.1) is 0 Å². The number of sulfonamides is 1. The van der Waals surface area contributed by atoms with Gasteiger partial charge in [0.2, 0.25) is 10.0 Å². The molecule has 0 radical (unpaired) electrons. The van der Waals surface area contributed by atoms with Gasteiger partial charge < -0.3 is 9.47 Å². The molecule has 0 spiro atoms. The van der Waals surface area contributed by atoms with E-state index in [9.17, 15) is 18.0 Å². The number of amides is 1. The van der Waals surface area contributed by atoms with Crippen LogP contribution in [0.25, 0.3) is 0 Å². The minimum Gasteiger partial charge on any atom is -0.338 e. The maximum atomic E-state index is 12.6. The first-order valence-corrected chi connectivity index (χ1v) is 10.8. The number of hydrogen-bond acceptors (Lipinski definition) is 4. The largest absolute Gasteiger partial charge is 0.338 e. The Morgan fingerprint density at radius 2 is 1.82 bits per heavy atom. The summed E-state index contributed by atoms with van der Waals surface area (Å²) >= 11 is 5.79. The summed E-state index contributed by atoms with van der Waals surface area (Å²) in [6.07, 6.45) is 2.95. The third-order valence-corrected chi connectivity index (χ3v) is 6.63. The van der Waals surface area contributed by atoms with Crippen molar-refractivity contribution in [3.05, 3.63) is 63.5 Å². The predicted octanol–water partition coefficient (Wildman–Crippen LogP) is 1.87. The number of benzene rings is 1. The minimum atomic E-state index is -3.59. The van der Waals surface area contributed by atoms with Crippen molar-refractivity contribution in [1.29, 1.82) is 0 Å². The van der Waals surface area contributed by atoms with Crippen molar-refractivity contribution in [2.24, 2.45) is 13.0 Å². The highest BCUT2D eigenvalue weighted by atomic mass is 35.5. The highest BCUT2D eigenvalue weighted by molar-refractivity contribution is 7.89. The van der Waals surface area contributed by atoms with Crippen LogP contribution in [0.5, 0.6) is 0 Å². The number of carbonyl (C=O) groups excluding carboxylic acids is 1. The lowest BCUT2D eigenvalue weighted by Gasteiger charge is -2.32. The lowest BCUT2D eigenvalue weighted by Crippen LogP contribution is -2.43. The molecule has 9 heteroatoms. The zero-order chi connectivity index (χ0) is 20.3. The number of piperidine rings is 1. The third-order valence-electron chi connectivity index (χ3n) is 4.94. The lowest BCUT2D eigenvalue weighted by atomic mass is 9.97. The second kappa shape index (κ2) is 8.46. The summed E-state index contributed by atoms with van der Waals surface area (Å²) in [4.78, 5) is 26.5. The molecule has 3 rings (SSSR count). The molecule has 0 unspecified atom stereocenters. The van der Waals surface area contributed by atoms with E-state index in [0.717, 1.165) is 0 Å². The Kier molecular flexibility index (Phi) is 6.22. The summed E-state index contributed by atoms with van der Waals surface area (Å²) < 4.78 is 28.7. The summed E-state index contributed by atoms with van der Waals surface area (Å²) in [5.74, 6) is -0.147. The van der Waals surface area contributed by atoms with Gasteiger partial charge in [-0.25, -0.2) is 13.1 Å². The van der Waals surface area contributed by atoms with E-state index in [1.165, 1.54) is 34.9 Å². The first kappa shape index (κ1) is 20.6. The SMILES string of the molecule is Cn1cccc(C(=O)N2CCC(CNS(=O)(=O)c3ccc(Cl)cc3)CC2)c1=O. The molecule has 1 aromatic carbocycles. The molecule has 1 fully saturated rings. The van der Waals surface area contributed by atoms with Gasteiger partial charge in [0.05, 0.1) is 4.90 Å². The number of halogens is 1. The zero-order valence-corrected chi connectivity index (χ0v) is 17.0. The number of nitrogens with one attached hydrogen (secondary N) is 1. The van der Waals surface area contributed by atoms with Gasteiger partial charge in [0.15, 0.2) is 0 Å². The van der Waals surface area contributed by atoms with Crippen LogP contribution in [0.4, 0.5) is 0 Å². The monoisotopic (exact) mass is 423 g/mol. The third kappa shape index (κ3) is 4.63. The molecule has 1 aliphatic rings. The van der Waals surface area contributed by atoms with E-state index < -0.39 is 10.0 Å². The van der Waals surface area contributed by atoms with Gasteiger partial charge in [-0.1, -0.05) is 11.6 Å². The molecule has 28 heavy (non-hydrogen) atoms. The number of pyridine rings is 1. The number of nitrogens with zero attached hydrogens (tertiary/aromatic N) is 2. The van der Waals surface area contributed by atoms with Gasteiger partial charge in [0.25, 0.3) is 11.5 Å². The average molecular weight is 424 g/mol. The number of carbonyl (C=O) groups is 1. The number of hydrogen-bond donors (Lipinski definition) is 1. The summed E-state index contributed by atoms with van der Waals surface area (Å²) in [7, 11) is -1.98. The molecule has 0 bridgehead atoms. The average Bonchev–Trinajstić information content (AvgIpc) is 2.69. The van der Waals surface area contributed by atoms with Crippen molar-refractivity contribution < 1.29 is 13.2 Å². The maximum absolute atomic E-state index is 12.6. The second-order valence-corrected chi connectivity index (χ2v) is 9.08. The quantitative estimate of drug-likeness (QED) is 0.795. The number of aryl methyl sites for hydroxylation is 1. The minimum absolute atomic E-state index is 0.129. The van der Waals surface area contributed by atoms with E-state index in [0.29, 0.717) is 37.5 Å². The van der Waals surface area contributed by atoms with Crippen molar-refractivity contribution in [2.45, 2.75) is 17.7 Å². The van der Waals surface area contributed by atoms with Gasteiger partial charge in [-0.3, -0.25) is 9.59 Å². The normalized spacial score (nSPS) is 15.6. The Morgan fingerprint density at radius 3 is 2.46 bits per heavy atom. The maximum Gasteiger partial charge on any atom is 0.263 e. The van der Waals surface area contributed by atoms with Crippen LogP contribution in [0, 0.1) is 5.92 Å².